The van der Waals surface area contributed by atoms with Crippen LogP contribution in [0.2, 0.25) is 0 Å². The van der Waals surface area contributed by atoms with Crippen molar-refractivity contribution >= 4 is 17.7 Å². The molecule has 0 heterocycles. The molecule has 1 aliphatic carbocycles. The summed E-state index contributed by atoms with van der Waals surface area (Å²) < 4.78 is 10.1. The van der Waals surface area contributed by atoms with Gasteiger partial charge in [0.2, 0.25) is 0 Å². The summed E-state index contributed by atoms with van der Waals surface area (Å²) in [6.07, 6.45) is 10.9. The van der Waals surface area contributed by atoms with Crippen LogP contribution in [0, 0.1) is 11.8 Å². The van der Waals surface area contributed by atoms with Gasteiger partial charge in [-0.25, -0.2) is 0 Å². The summed E-state index contributed by atoms with van der Waals surface area (Å²) in [6.45, 7) is 3.74. The molecule has 40 heavy (non-hydrogen) atoms. The fraction of sp³-hybridized carbons (Fsp3) is 0.839. The molecule has 0 amide bonds. The van der Waals surface area contributed by atoms with E-state index < -0.39 is 36.3 Å². The third kappa shape index (κ3) is 16.5. The predicted octanol–water partition coefficient (Wildman–Crippen LogP) is 4.17. The van der Waals surface area contributed by atoms with E-state index in [2.05, 4.69) is 13.8 Å². The average molecular weight is 571 g/mol. The number of rotatable bonds is 23. The number of hydrogen-bond donors (Lipinski definition) is 4. The minimum absolute atomic E-state index is 0.0454. The van der Waals surface area contributed by atoms with Crippen molar-refractivity contribution in [2.75, 3.05) is 13.2 Å². The van der Waals surface area contributed by atoms with E-state index in [1.165, 1.54) is 0 Å². The quantitative estimate of drug-likeness (QED) is 0.0806. The minimum atomic E-state index is -1.08. The van der Waals surface area contributed by atoms with Crippen LogP contribution in [-0.2, 0) is 23.9 Å². The van der Waals surface area contributed by atoms with Gasteiger partial charge in [0.15, 0.2) is 0 Å². The van der Waals surface area contributed by atoms with E-state index in [1.807, 2.05) is 0 Å². The Morgan fingerprint density at radius 2 is 1.32 bits per heavy atom. The zero-order valence-corrected chi connectivity index (χ0v) is 24.7. The van der Waals surface area contributed by atoms with Crippen LogP contribution in [0.15, 0.2) is 12.2 Å². The molecule has 9 heteroatoms. The molecule has 0 unspecified atom stereocenters. The lowest BCUT2D eigenvalue weighted by molar-refractivity contribution is -0.152. The second kappa shape index (κ2) is 21.9. The van der Waals surface area contributed by atoms with Gasteiger partial charge in [0.05, 0.1) is 18.3 Å². The van der Waals surface area contributed by atoms with Gasteiger partial charge in [0.25, 0.3) is 0 Å². The lowest BCUT2D eigenvalue weighted by Crippen LogP contribution is -2.25. The Kier molecular flexibility index (Phi) is 19.8. The number of ether oxygens (including phenoxy) is 2. The van der Waals surface area contributed by atoms with Gasteiger partial charge in [-0.2, -0.15) is 0 Å². The van der Waals surface area contributed by atoms with Gasteiger partial charge in [-0.3, -0.25) is 14.4 Å². The number of ketones is 1. The Hall–Kier alpha value is -1.81. The monoisotopic (exact) mass is 570 g/mol. The standard InChI is InChI=1S/C31H54O9/c1-3-5-7-8-10-15-30(37)39-21-25(34)22-40-31(38)16-12-11-14-24(33)19-27-26(28(35)20-29(27)36)18-17-23(32)13-9-6-4-2/h17-18,23,25-29,32,34-36H,3-16,19-22H2,1-2H3/b18-17+/t23-,25+,26+,27+,28+,29-/m0/s1. The Bertz CT molecular complexity index is 738. The number of unbranched alkanes of at least 4 members (excludes halogenated alkanes) is 7. The fourth-order valence-corrected chi connectivity index (χ4v) is 5.02. The summed E-state index contributed by atoms with van der Waals surface area (Å²) in [5, 5.41) is 40.8. The molecule has 4 N–H and O–H groups in total. The van der Waals surface area contributed by atoms with Gasteiger partial charge in [0.1, 0.15) is 25.1 Å². The first-order chi connectivity index (χ1) is 19.2. The molecule has 9 nitrogen and oxygen atoms in total. The molecule has 0 radical (unpaired) electrons. The maximum absolute atomic E-state index is 12.6. The SMILES string of the molecule is CCCCCCCC(=O)OC[C@@H](O)COC(=O)CCCCC(=O)C[C@@H]1[C@@H](/C=C/[C@@H](O)CCCCC)[C@H](O)C[C@@H]1O. The molecule has 1 aliphatic rings. The predicted molar refractivity (Wildman–Crippen MR) is 152 cm³/mol. The number of hydrogen-bond acceptors (Lipinski definition) is 9. The van der Waals surface area contributed by atoms with Crippen molar-refractivity contribution in [3.05, 3.63) is 12.2 Å². The Morgan fingerprint density at radius 3 is 1.95 bits per heavy atom. The van der Waals surface area contributed by atoms with Gasteiger partial charge >= 0.3 is 11.9 Å². The molecule has 0 spiro atoms. The van der Waals surface area contributed by atoms with Crippen LogP contribution in [0.1, 0.15) is 117 Å². The second-order valence-corrected chi connectivity index (χ2v) is 11.2. The highest BCUT2D eigenvalue weighted by Crippen LogP contribution is 2.36. The molecule has 0 bridgehead atoms. The number of carbonyl (C=O) groups is 3. The Labute approximate surface area is 240 Å². The second-order valence-electron chi connectivity index (χ2n) is 11.2. The number of Topliss-reactive ketones (excluding diaryl/α,β-unsaturated/α-hetero) is 1. The van der Waals surface area contributed by atoms with Crippen molar-refractivity contribution in [3.8, 4) is 0 Å². The first kappa shape index (κ1) is 36.2. The van der Waals surface area contributed by atoms with Crippen molar-refractivity contribution in [2.45, 2.75) is 141 Å². The van der Waals surface area contributed by atoms with Gasteiger partial charge in [0, 0.05) is 43.9 Å². The van der Waals surface area contributed by atoms with Gasteiger partial charge in [-0.15, -0.1) is 0 Å². The summed E-state index contributed by atoms with van der Waals surface area (Å²) in [5.74, 6) is -1.69. The smallest absolute Gasteiger partial charge is 0.305 e. The average Bonchev–Trinajstić information content (AvgIpc) is 3.18. The van der Waals surface area contributed by atoms with Crippen LogP contribution in [0.5, 0.6) is 0 Å². The van der Waals surface area contributed by atoms with Crippen LogP contribution >= 0.6 is 0 Å². The van der Waals surface area contributed by atoms with Crippen LogP contribution < -0.4 is 0 Å². The Morgan fingerprint density at radius 1 is 0.775 bits per heavy atom. The van der Waals surface area contributed by atoms with Crippen LogP contribution in [-0.4, -0.2) is 75.8 Å². The lowest BCUT2D eigenvalue weighted by atomic mass is 9.87. The maximum atomic E-state index is 12.6. The van der Waals surface area contributed by atoms with Crippen molar-refractivity contribution in [1.82, 2.24) is 0 Å². The zero-order valence-electron chi connectivity index (χ0n) is 24.7. The maximum Gasteiger partial charge on any atom is 0.305 e. The van der Waals surface area contributed by atoms with E-state index in [0.717, 1.165) is 51.4 Å². The van der Waals surface area contributed by atoms with E-state index >= 15 is 0 Å². The molecule has 1 fully saturated rings. The lowest BCUT2D eigenvalue weighted by Gasteiger charge is -2.20. The van der Waals surface area contributed by atoms with E-state index in [9.17, 15) is 34.8 Å². The molecule has 0 aliphatic heterocycles. The summed E-state index contributed by atoms with van der Waals surface area (Å²) in [5.41, 5.74) is 0. The van der Waals surface area contributed by atoms with E-state index in [4.69, 9.17) is 9.47 Å². The van der Waals surface area contributed by atoms with E-state index in [-0.39, 0.29) is 56.6 Å². The largest absolute Gasteiger partial charge is 0.463 e. The fourth-order valence-electron chi connectivity index (χ4n) is 5.02. The molecule has 232 valence electrons. The minimum Gasteiger partial charge on any atom is -0.463 e. The summed E-state index contributed by atoms with van der Waals surface area (Å²) in [7, 11) is 0. The van der Waals surface area contributed by atoms with Crippen molar-refractivity contribution in [1.29, 1.82) is 0 Å². The first-order valence-electron chi connectivity index (χ1n) is 15.4. The zero-order chi connectivity index (χ0) is 29.8. The van der Waals surface area contributed by atoms with Crippen molar-refractivity contribution < 1.29 is 44.3 Å². The van der Waals surface area contributed by atoms with Crippen molar-refractivity contribution in [3.63, 3.8) is 0 Å². The normalized spacial score (nSPS) is 22.4. The number of aliphatic hydroxyl groups is 4. The topological polar surface area (TPSA) is 151 Å². The third-order valence-electron chi connectivity index (χ3n) is 7.48. The molecule has 6 atom stereocenters. The molecular formula is C31H54O9. The van der Waals surface area contributed by atoms with Gasteiger partial charge in [-0.05, 0) is 25.7 Å². The highest BCUT2D eigenvalue weighted by atomic mass is 16.6. The van der Waals surface area contributed by atoms with E-state index in [1.54, 1.807) is 12.2 Å². The molecule has 1 saturated carbocycles. The third-order valence-corrected chi connectivity index (χ3v) is 7.48. The van der Waals surface area contributed by atoms with E-state index in [0.29, 0.717) is 25.7 Å². The number of esters is 2. The molecule has 1 rings (SSSR count). The molecular weight excluding hydrogens is 516 g/mol. The first-order valence-corrected chi connectivity index (χ1v) is 15.4. The molecule has 0 aromatic carbocycles. The van der Waals surface area contributed by atoms with Crippen molar-refractivity contribution in [2.24, 2.45) is 11.8 Å². The van der Waals surface area contributed by atoms with Gasteiger partial charge in [-0.1, -0.05) is 70.9 Å². The number of aliphatic hydroxyl groups excluding tert-OH is 4. The number of carbonyl (C=O) groups excluding carboxylic acids is 3. The summed E-state index contributed by atoms with van der Waals surface area (Å²) in [6, 6.07) is 0. The molecule has 0 aromatic heterocycles. The van der Waals surface area contributed by atoms with Crippen LogP contribution in [0.3, 0.4) is 0 Å². The Balaban J connectivity index is 2.23. The van der Waals surface area contributed by atoms with Crippen LogP contribution in [0.25, 0.3) is 0 Å². The molecule has 0 saturated heterocycles. The summed E-state index contributed by atoms with van der Waals surface area (Å²) >= 11 is 0. The van der Waals surface area contributed by atoms with Gasteiger partial charge < -0.3 is 29.9 Å². The summed E-state index contributed by atoms with van der Waals surface area (Å²) in [4.78, 5) is 36.2. The highest BCUT2D eigenvalue weighted by Gasteiger charge is 2.41. The highest BCUT2D eigenvalue weighted by molar-refractivity contribution is 5.79. The van der Waals surface area contributed by atoms with Crippen LogP contribution in [0.4, 0.5) is 0 Å². The molecule has 0 aromatic rings.